The van der Waals surface area contributed by atoms with Gasteiger partial charge in [0.2, 0.25) is 0 Å². The van der Waals surface area contributed by atoms with Gasteiger partial charge in [-0.3, -0.25) is 9.80 Å². The largest absolute Gasteiger partial charge is 0.492 e. The molecule has 0 saturated carbocycles. The molecule has 2 N–H and O–H groups in total. The second kappa shape index (κ2) is 8.82. The molecule has 6 heteroatoms. The lowest BCUT2D eigenvalue weighted by molar-refractivity contribution is 0.191. The number of H-pyrrole nitrogens is 1. The number of nitrogens with one attached hydrogen (secondary N) is 2. The summed E-state index contributed by atoms with van der Waals surface area (Å²) in [5, 5.41) is 3.37. The minimum Gasteiger partial charge on any atom is -0.492 e. The van der Waals surface area contributed by atoms with Gasteiger partial charge in [0.15, 0.2) is 0 Å². The first-order valence-electron chi connectivity index (χ1n) is 8.61. The van der Waals surface area contributed by atoms with Crippen LogP contribution in [-0.4, -0.2) is 66.1 Å². The summed E-state index contributed by atoms with van der Waals surface area (Å²) in [6, 6.07) is 8.38. The number of hydrogen-bond acceptors (Lipinski definition) is 5. The SMILES string of the molecule is CN(Cc1cccc(OCCN2CCNCC2)c1)Cc1ncc[nH]1. The monoisotopic (exact) mass is 329 g/mol. The van der Waals surface area contributed by atoms with Crippen molar-refractivity contribution in [2.24, 2.45) is 0 Å². The van der Waals surface area contributed by atoms with Gasteiger partial charge in [-0.05, 0) is 24.7 Å². The van der Waals surface area contributed by atoms with Gasteiger partial charge in [-0.1, -0.05) is 12.1 Å². The Hall–Kier alpha value is -1.89. The van der Waals surface area contributed by atoms with E-state index in [1.807, 2.05) is 12.3 Å². The van der Waals surface area contributed by atoms with Crippen molar-refractivity contribution in [2.45, 2.75) is 13.1 Å². The Morgan fingerprint density at radius 1 is 1.25 bits per heavy atom. The Morgan fingerprint density at radius 2 is 2.12 bits per heavy atom. The Morgan fingerprint density at radius 3 is 2.92 bits per heavy atom. The highest BCUT2D eigenvalue weighted by Crippen LogP contribution is 2.15. The van der Waals surface area contributed by atoms with Crippen molar-refractivity contribution in [3.05, 3.63) is 48.0 Å². The van der Waals surface area contributed by atoms with Crippen molar-refractivity contribution in [2.75, 3.05) is 46.4 Å². The smallest absolute Gasteiger partial charge is 0.120 e. The van der Waals surface area contributed by atoms with Crippen molar-refractivity contribution in [3.8, 4) is 5.75 Å². The van der Waals surface area contributed by atoms with Crippen LogP contribution in [0, 0.1) is 0 Å². The molecule has 1 aliphatic heterocycles. The van der Waals surface area contributed by atoms with Crippen molar-refractivity contribution in [3.63, 3.8) is 0 Å². The van der Waals surface area contributed by atoms with Gasteiger partial charge in [0.05, 0.1) is 6.54 Å². The van der Waals surface area contributed by atoms with E-state index in [0.717, 1.165) is 64.0 Å². The summed E-state index contributed by atoms with van der Waals surface area (Å²) in [5.74, 6) is 1.94. The fraction of sp³-hybridized carbons (Fsp3) is 0.500. The van der Waals surface area contributed by atoms with Gasteiger partial charge < -0.3 is 15.0 Å². The Balaban J connectivity index is 1.44. The fourth-order valence-electron chi connectivity index (χ4n) is 2.97. The van der Waals surface area contributed by atoms with E-state index in [9.17, 15) is 0 Å². The van der Waals surface area contributed by atoms with Gasteiger partial charge in [-0.2, -0.15) is 0 Å². The highest BCUT2D eigenvalue weighted by Gasteiger charge is 2.09. The summed E-state index contributed by atoms with van der Waals surface area (Å²) >= 11 is 0. The van der Waals surface area contributed by atoms with Crippen molar-refractivity contribution in [1.29, 1.82) is 0 Å². The van der Waals surface area contributed by atoms with E-state index in [0.29, 0.717) is 0 Å². The molecule has 0 spiro atoms. The predicted octanol–water partition coefficient (Wildman–Crippen LogP) is 1.33. The van der Waals surface area contributed by atoms with E-state index in [-0.39, 0.29) is 0 Å². The molecule has 3 rings (SSSR count). The van der Waals surface area contributed by atoms with Crippen LogP contribution in [0.5, 0.6) is 5.75 Å². The lowest BCUT2D eigenvalue weighted by atomic mass is 10.2. The van der Waals surface area contributed by atoms with E-state index in [1.54, 1.807) is 6.20 Å². The predicted molar refractivity (Wildman–Crippen MR) is 95.0 cm³/mol. The zero-order valence-electron chi connectivity index (χ0n) is 14.4. The van der Waals surface area contributed by atoms with Crippen molar-refractivity contribution >= 4 is 0 Å². The van der Waals surface area contributed by atoms with Gasteiger partial charge in [0.25, 0.3) is 0 Å². The third kappa shape index (κ3) is 5.33. The molecule has 24 heavy (non-hydrogen) atoms. The third-order valence-electron chi connectivity index (χ3n) is 4.21. The van der Waals surface area contributed by atoms with Gasteiger partial charge in [0.1, 0.15) is 18.2 Å². The van der Waals surface area contributed by atoms with E-state index >= 15 is 0 Å². The molecule has 1 aromatic carbocycles. The van der Waals surface area contributed by atoms with Crippen LogP contribution in [-0.2, 0) is 13.1 Å². The highest BCUT2D eigenvalue weighted by atomic mass is 16.5. The molecule has 0 bridgehead atoms. The number of imidazole rings is 1. The summed E-state index contributed by atoms with van der Waals surface area (Å²) in [4.78, 5) is 12.1. The van der Waals surface area contributed by atoms with E-state index in [1.165, 1.54) is 5.56 Å². The van der Waals surface area contributed by atoms with Crippen LogP contribution in [0.2, 0.25) is 0 Å². The van der Waals surface area contributed by atoms with Crippen LogP contribution in [0.4, 0.5) is 0 Å². The number of rotatable bonds is 8. The zero-order chi connectivity index (χ0) is 16.6. The molecule has 1 aliphatic rings. The number of ether oxygens (including phenoxy) is 1. The molecule has 0 radical (unpaired) electrons. The summed E-state index contributed by atoms with van der Waals surface area (Å²) in [6.45, 7) is 7.80. The lowest BCUT2D eigenvalue weighted by Crippen LogP contribution is -2.44. The van der Waals surface area contributed by atoms with E-state index < -0.39 is 0 Å². The molecule has 0 aliphatic carbocycles. The summed E-state index contributed by atoms with van der Waals surface area (Å²) in [6.07, 6.45) is 3.64. The normalized spacial score (nSPS) is 15.8. The van der Waals surface area contributed by atoms with Crippen LogP contribution in [0.3, 0.4) is 0 Å². The molecule has 1 saturated heterocycles. The maximum Gasteiger partial charge on any atom is 0.120 e. The quantitative estimate of drug-likeness (QED) is 0.765. The minimum absolute atomic E-state index is 0.742. The van der Waals surface area contributed by atoms with Crippen molar-refractivity contribution in [1.82, 2.24) is 25.1 Å². The van der Waals surface area contributed by atoms with E-state index in [4.69, 9.17) is 4.74 Å². The Bertz CT molecular complexity index is 595. The zero-order valence-corrected chi connectivity index (χ0v) is 14.4. The van der Waals surface area contributed by atoms with E-state index in [2.05, 4.69) is 50.3 Å². The topological polar surface area (TPSA) is 56.4 Å². The molecule has 130 valence electrons. The Kier molecular flexibility index (Phi) is 6.23. The minimum atomic E-state index is 0.742. The maximum absolute atomic E-state index is 5.94. The number of piperazine rings is 1. The van der Waals surface area contributed by atoms with Crippen LogP contribution in [0.15, 0.2) is 36.7 Å². The average molecular weight is 329 g/mol. The first kappa shape index (κ1) is 17.0. The molecule has 0 amide bonds. The van der Waals surface area contributed by atoms with Gasteiger partial charge in [-0.25, -0.2) is 4.98 Å². The summed E-state index contributed by atoms with van der Waals surface area (Å²) in [5.41, 5.74) is 1.25. The fourth-order valence-corrected chi connectivity index (χ4v) is 2.97. The van der Waals surface area contributed by atoms with Gasteiger partial charge in [0, 0.05) is 51.7 Å². The second-order valence-electron chi connectivity index (χ2n) is 6.30. The first-order chi connectivity index (χ1) is 11.8. The first-order valence-corrected chi connectivity index (χ1v) is 8.61. The van der Waals surface area contributed by atoms with Crippen LogP contribution >= 0.6 is 0 Å². The summed E-state index contributed by atoms with van der Waals surface area (Å²) < 4.78 is 5.94. The molecule has 0 unspecified atom stereocenters. The van der Waals surface area contributed by atoms with Crippen molar-refractivity contribution < 1.29 is 4.74 Å². The number of aromatic amines is 1. The molecule has 6 nitrogen and oxygen atoms in total. The molecule has 0 atom stereocenters. The van der Waals surface area contributed by atoms with Gasteiger partial charge >= 0.3 is 0 Å². The molecule has 2 aromatic rings. The molecule has 1 aromatic heterocycles. The molecular formula is C18H27N5O. The lowest BCUT2D eigenvalue weighted by Gasteiger charge is -2.26. The van der Waals surface area contributed by atoms with Crippen LogP contribution < -0.4 is 10.1 Å². The number of nitrogens with zero attached hydrogens (tertiary/aromatic N) is 3. The number of benzene rings is 1. The number of aromatic nitrogens is 2. The van der Waals surface area contributed by atoms with Crippen LogP contribution in [0.1, 0.15) is 11.4 Å². The second-order valence-corrected chi connectivity index (χ2v) is 6.30. The Labute approximate surface area is 143 Å². The number of hydrogen-bond donors (Lipinski definition) is 2. The maximum atomic E-state index is 5.94. The molecule has 2 heterocycles. The average Bonchev–Trinajstić information content (AvgIpc) is 3.09. The highest BCUT2D eigenvalue weighted by molar-refractivity contribution is 5.28. The van der Waals surface area contributed by atoms with Crippen LogP contribution in [0.25, 0.3) is 0 Å². The standard InChI is InChI=1S/C18H27N5O/c1-22(15-18-20-5-6-21-18)14-16-3-2-4-17(13-16)24-12-11-23-9-7-19-8-10-23/h2-6,13,19H,7-12,14-15H2,1H3,(H,20,21). The third-order valence-corrected chi connectivity index (χ3v) is 4.21. The molecular weight excluding hydrogens is 302 g/mol. The van der Waals surface area contributed by atoms with Gasteiger partial charge in [-0.15, -0.1) is 0 Å². The molecule has 1 fully saturated rings. The summed E-state index contributed by atoms with van der Waals surface area (Å²) in [7, 11) is 2.10.